The Labute approximate surface area is 154 Å². The van der Waals surface area contributed by atoms with Crippen molar-refractivity contribution in [3.05, 3.63) is 28.5 Å². The topological polar surface area (TPSA) is 84.5 Å². The monoisotopic (exact) mass is 479 g/mol. The number of rotatable bonds is 4. The van der Waals surface area contributed by atoms with Crippen LogP contribution in [0.25, 0.3) is 5.52 Å². The van der Waals surface area contributed by atoms with Gasteiger partial charge in [0.05, 0.1) is 23.0 Å². The molecule has 6 nitrogen and oxygen atoms in total. The lowest BCUT2D eigenvalue weighted by molar-refractivity contribution is 0.100. The molecule has 0 spiro atoms. The number of halogens is 2. The zero-order chi connectivity index (χ0) is 15.0. The number of fused-ring (bicyclic) bond motifs is 1. The minimum absolute atomic E-state index is 0. The van der Waals surface area contributed by atoms with Gasteiger partial charge in [-0.05, 0) is 27.9 Å². The number of hydrogen-bond acceptors (Lipinski definition) is 4. The van der Waals surface area contributed by atoms with E-state index in [1.165, 1.54) is 6.20 Å². The van der Waals surface area contributed by atoms with E-state index in [0.717, 1.165) is 35.2 Å². The summed E-state index contributed by atoms with van der Waals surface area (Å²) in [6.45, 7) is 4.05. The lowest BCUT2D eigenvalue weighted by atomic mass is 10.00. The van der Waals surface area contributed by atoms with Crippen molar-refractivity contribution in [2.75, 3.05) is 18.4 Å². The first-order chi connectivity index (χ1) is 10.1. The van der Waals surface area contributed by atoms with Crippen LogP contribution in [0.4, 0.5) is 5.69 Å². The molecule has 0 aromatic carbocycles. The SMILES string of the molecule is CC[C@@H]1CNC[C@H]1Nc1c(C(N)=O)cnn2cc(Br)cc12.I. The molecule has 4 N–H and O–H groups in total. The molecule has 0 aliphatic carbocycles. The summed E-state index contributed by atoms with van der Waals surface area (Å²) in [7, 11) is 0. The second kappa shape index (κ2) is 7.14. The van der Waals surface area contributed by atoms with E-state index in [1.807, 2.05) is 12.3 Å². The predicted octanol–water partition coefficient (Wildman–Crippen LogP) is 2.22. The molecular formula is C14H19BrIN5O. The van der Waals surface area contributed by atoms with Gasteiger partial charge in [-0.2, -0.15) is 5.10 Å². The molecule has 1 amide bonds. The maximum atomic E-state index is 11.7. The van der Waals surface area contributed by atoms with Crippen molar-refractivity contribution in [2.24, 2.45) is 11.7 Å². The van der Waals surface area contributed by atoms with Gasteiger partial charge in [0.1, 0.15) is 0 Å². The largest absolute Gasteiger partial charge is 0.378 e. The van der Waals surface area contributed by atoms with E-state index in [0.29, 0.717) is 11.5 Å². The van der Waals surface area contributed by atoms with Crippen LogP contribution in [0.2, 0.25) is 0 Å². The minimum Gasteiger partial charge on any atom is -0.378 e. The maximum Gasteiger partial charge on any atom is 0.252 e. The summed E-state index contributed by atoms with van der Waals surface area (Å²) in [6.07, 6.45) is 4.46. The molecule has 2 atom stereocenters. The van der Waals surface area contributed by atoms with Crippen LogP contribution in [0, 0.1) is 5.92 Å². The average Bonchev–Trinajstić information content (AvgIpc) is 3.03. The van der Waals surface area contributed by atoms with Crippen LogP contribution in [0.15, 0.2) is 22.9 Å². The zero-order valence-corrected chi connectivity index (χ0v) is 16.1. The molecule has 22 heavy (non-hydrogen) atoms. The van der Waals surface area contributed by atoms with Gasteiger partial charge in [-0.15, -0.1) is 24.0 Å². The summed E-state index contributed by atoms with van der Waals surface area (Å²) in [5.74, 6) is 0.0705. The van der Waals surface area contributed by atoms with E-state index in [2.05, 4.69) is 38.6 Å². The number of aromatic nitrogens is 2. The minimum atomic E-state index is -0.469. The summed E-state index contributed by atoms with van der Waals surface area (Å²) in [4.78, 5) is 11.7. The Bertz CT molecular complexity index is 689. The molecule has 120 valence electrons. The number of nitrogens with two attached hydrogens (primary N) is 1. The number of carbonyl (C=O) groups is 1. The zero-order valence-electron chi connectivity index (χ0n) is 12.2. The van der Waals surface area contributed by atoms with Gasteiger partial charge in [-0.1, -0.05) is 13.3 Å². The third-order valence-electron chi connectivity index (χ3n) is 4.06. The predicted molar refractivity (Wildman–Crippen MR) is 101 cm³/mol. The molecule has 8 heteroatoms. The number of amides is 1. The molecule has 3 rings (SSSR count). The molecule has 1 fully saturated rings. The van der Waals surface area contributed by atoms with Crippen LogP contribution < -0.4 is 16.4 Å². The molecule has 1 saturated heterocycles. The number of nitrogens with zero attached hydrogens (tertiary/aromatic N) is 2. The summed E-state index contributed by atoms with van der Waals surface area (Å²) in [5.41, 5.74) is 7.53. The molecule has 2 aromatic rings. The van der Waals surface area contributed by atoms with Gasteiger partial charge in [0.15, 0.2) is 0 Å². The smallest absolute Gasteiger partial charge is 0.252 e. The fourth-order valence-corrected chi connectivity index (χ4v) is 3.29. The van der Waals surface area contributed by atoms with Crippen molar-refractivity contribution in [1.82, 2.24) is 14.9 Å². The molecule has 0 saturated carbocycles. The number of anilines is 1. The fourth-order valence-electron chi connectivity index (χ4n) is 2.88. The van der Waals surface area contributed by atoms with E-state index in [9.17, 15) is 4.79 Å². The molecule has 0 unspecified atom stereocenters. The van der Waals surface area contributed by atoms with Crippen LogP contribution in [0.3, 0.4) is 0 Å². The van der Waals surface area contributed by atoms with Crippen molar-refractivity contribution in [2.45, 2.75) is 19.4 Å². The normalized spacial score (nSPS) is 20.8. The molecule has 0 bridgehead atoms. The van der Waals surface area contributed by atoms with Crippen molar-refractivity contribution in [3.63, 3.8) is 0 Å². The highest BCUT2D eigenvalue weighted by Gasteiger charge is 2.27. The van der Waals surface area contributed by atoms with E-state index < -0.39 is 5.91 Å². The van der Waals surface area contributed by atoms with E-state index in [1.54, 1.807) is 4.52 Å². The molecule has 1 aliphatic rings. The Hall–Kier alpha value is -0.870. The van der Waals surface area contributed by atoms with Crippen LogP contribution in [-0.4, -0.2) is 34.7 Å². The first-order valence-corrected chi connectivity index (χ1v) is 7.83. The second-order valence-corrected chi connectivity index (χ2v) is 6.28. The summed E-state index contributed by atoms with van der Waals surface area (Å²) < 4.78 is 2.65. The van der Waals surface area contributed by atoms with Gasteiger partial charge in [-0.25, -0.2) is 4.52 Å². The van der Waals surface area contributed by atoms with Crippen molar-refractivity contribution in [3.8, 4) is 0 Å². The third kappa shape index (κ3) is 3.23. The van der Waals surface area contributed by atoms with Crippen molar-refractivity contribution >= 4 is 57.0 Å². The van der Waals surface area contributed by atoms with E-state index in [4.69, 9.17) is 5.73 Å². The molecule has 1 aliphatic heterocycles. The Kier molecular flexibility index (Phi) is 5.67. The molecule has 3 heterocycles. The van der Waals surface area contributed by atoms with Gasteiger partial charge in [0, 0.05) is 29.8 Å². The summed E-state index contributed by atoms with van der Waals surface area (Å²) in [6, 6.07) is 2.22. The first-order valence-electron chi connectivity index (χ1n) is 7.04. The van der Waals surface area contributed by atoms with Crippen LogP contribution in [0.5, 0.6) is 0 Å². The van der Waals surface area contributed by atoms with Gasteiger partial charge >= 0.3 is 0 Å². The van der Waals surface area contributed by atoms with Gasteiger partial charge in [0.2, 0.25) is 0 Å². The summed E-state index contributed by atoms with van der Waals surface area (Å²) in [5, 5.41) is 11.1. The van der Waals surface area contributed by atoms with Gasteiger partial charge in [-0.3, -0.25) is 4.79 Å². The average molecular weight is 480 g/mol. The lowest BCUT2D eigenvalue weighted by Crippen LogP contribution is -2.30. The second-order valence-electron chi connectivity index (χ2n) is 5.36. The Morgan fingerprint density at radius 1 is 1.59 bits per heavy atom. The number of nitrogens with one attached hydrogen (secondary N) is 2. The highest BCUT2D eigenvalue weighted by Crippen LogP contribution is 2.28. The van der Waals surface area contributed by atoms with E-state index in [-0.39, 0.29) is 30.0 Å². The Morgan fingerprint density at radius 3 is 3.05 bits per heavy atom. The highest BCUT2D eigenvalue weighted by molar-refractivity contribution is 14.0. The number of hydrogen-bond donors (Lipinski definition) is 3. The number of carbonyl (C=O) groups excluding carboxylic acids is 1. The van der Waals surface area contributed by atoms with Crippen molar-refractivity contribution < 1.29 is 4.79 Å². The van der Waals surface area contributed by atoms with Crippen molar-refractivity contribution in [1.29, 1.82) is 0 Å². The summed E-state index contributed by atoms with van der Waals surface area (Å²) >= 11 is 3.44. The Balaban J connectivity index is 0.00000176. The standard InChI is InChI=1S/C14H18BrN5O.HI/c1-2-8-4-17-6-11(8)19-13-10(14(16)21)5-18-20-7-9(15)3-12(13)20;/h3,5,7-8,11,17,19H,2,4,6H2,1H3,(H2,16,21);1H/t8-,11-;/m1./s1. The van der Waals surface area contributed by atoms with E-state index >= 15 is 0 Å². The van der Waals surface area contributed by atoms with Crippen LogP contribution >= 0.6 is 39.9 Å². The highest BCUT2D eigenvalue weighted by atomic mass is 127. The quantitative estimate of drug-likeness (QED) is 0.587. The van der Waals surface area contributed by atoms with Crippen LogP contribution in [0.1, 0.15) is 23.7 Å². The van der Waals surface area contributed by atoms with Gasteiger partial charge < -0.3 is 16.4 Å². The lowest BCUT2D eigenvalue weighted by Gasteiger charge is -2.21. The molecule has 0 radical (unpaired) electrons. The molecule has 2 aromatic heterocycles. The van der Waals surface area contributed by atoms with Gasteiger partial charge in [0.25, 0.3) is 5.91 Å². The first kappa shape index (κ1) is 17.5. The maximum absolute atomic E-state index is 11.7. The number of primary amides is 1. The van der Waals surface area contributed by atoms with Crippen LogP contribution in [-0.2, 0) is 0 Å². The third-order valence-corrected chi connectivity index (χ3v) is 4.50. The molecular weight excluding hydrogens is 461 g/mol. The fraction of sp³-hybridized carbons (Fsp3) is 0.429. The Morgan fingerprint density at radius 2 is 2.36 bits per heavy atom.